The molecule has 12 heavy (non-hydrogen) atoms. The van der Waals surface area contributed by atoms with Crippen LogP contribution in [0.25, 0.3) is 0 Å². The van der Waals surface area contributed by atoms with E-state index >= 15 is 0 Å². The van der Waals surface area contributed by atoms with E-state index in [0.29, 0.717) is 0 Å². The van der Waals surface area contributed by atoms with Crippen molar-refractivity contribution in [3.8, 4) is 5.75 Å². The van der Waals surface area contributed by atoms with Gasteiger partial charge in [0.2, 0.25) is 5.43 Å². The van der Waals surface area contributed by atoms with Crippen LogP contribution >= 0.6 is 0 Å². The molecular formula is C7H7NO4. The van der Waals surface area contributed by atoms with Crippen LogP contribution in [0.5, 0.6) is 5.75 Å². The van der Waals surface area contributed by atoms with Crippen molar-refractivity contribution in [3.05, 3.63) is 28.2 Å². The van der Waals surface area contributed by atoms with Crippen molar-refractivity contribution in [3.63, 3.8) is 0 Å². The molecular weight excluding hydrogens is 162 g/mol. The van der Waals surface area contributed by atoms with Crippen LogP contribution in [-0.4, -0.2) is 23.2 Å². The number of carbonyl (C=O) groups is 1. The maximum Gasteiger partial charge on any atom is 0.356 e. The third-order valence-electron chi connectivity index (χ3n) is 1.33. The number of carboxylic acid groups (broad SMARTS) is 1. The van der Waals surface area contributed by atoms with E-state index in [-0.39, 0.29) is 11.4 Å². The number of pyridine rings is 1. The smallest absolute Gasteiger partial charge is 0.356 e. The average Bonchev–Trinajstić information content (AvgIpc) is 2.03. The summed E-state index contributed by atoms with van der Waals surface area (Å²) in [6.45, 7) is 0. The molecule has 1 aromatic rings. The lowest BCUT2D eigenvalue weighted by molar-refractivity contribution is 0.0686. The molecule has 0 aliphatic heterocycles. The molecule has 2 N–H and O–H groups in total. The Balaban J connectivity index is 3.38. The Bertz CT molecular complexity index is 355. The Morgan fingerprint density at radius 2 is 2.33 bits per heavy atom. The van der Waals surface area contributed by atoms with Crippen LogP contribution in [0.15, 0.2) is 17.1 Å². The minimum Gasteiger partial charge on any atom is -0.491 e. The summed E-state index contributed by atoms with van der Waals surface area (Å²) >= 11 is 0. The van der Waals surface area contributed by atoms with E-state index in [9.17, 15) is 9.59 Å². The molecule has 5 nitrogen and oxygen atoms in total. The van der Waals surface area contributed by atoms with Crippen molar-refractivity contribution in [1.29, 1.82) is 0 Å². The molecule has 1 aromatic heterocycles. The highest BCUT2D eigenvalue weighted by atomic mass is 16.5. The predicted octanol–water partition coefficient (Wildman–Crippen LogP) is 0.0817. The number of hydrogen-bond acceptors (Lipinski definition) is 3. The van der Waals surface area contributed by atoms with Crippen molar-refractivity contribution in [2.24, 2.45) is 0 Å². The third kappa shape index (κ3) is 1.29. The van der Waals surface area contributed by atoms with Crippen LogP contribution in [0.2, 0.25) is 0 Å². The van der Waals surface area contributed by atoms with Gasteiger partial charge in [0.25, 0.3) is 0 Å². The normalized spacial score (nSPS) is 9.42. The van der Waals surface area contributed by atoms with Crippen LogP contribution in [0.4, 0.5) is 0 Å². The summed E-state index contributed by atoms with van der Waals surface area (Å²) in [6.07, 6.45) is 1.26. The average molecular weight is 169 g/mol. The first-order valence-electron chi connectivity index (χ1n) is 3.15. The molecule has 64 valence electrons. The van der Waals surface area contributed by atoms with Gasteiger partial charge in [-0.2, -0.15) is 0 Å². The van der Waals surface area contributed by atoms with E-state index in [4.69, 9.17) is 5.11 Å². The molecule has 0 amide bonds. The molecule has 0 bridgehead atoms. The molecule has 1 rings (SSSR count). The predicted molar refractivity (Wildman–Crippen MR) is 40.6 cm³/mol. The number of rotatable bonds is 2. The number of nitrogens with one attached hydrogen (secondary N) is 1. The Morgan fingerprint density at radius 1 is 1.67 bits per heavy atom. The summed E-state index contributed by atoms with van der Waals surface area (Å²) < 4.78 is 4.61. The van der Waals surface area contributed by atoms with Gasteiger partial charge in [0.15, 0.2) is 11.4 Å². The fourth-order valence-electron chi connectivity index (χ4n) is 0.827. The van der Waals surface area contributed by atoms with Gasteiger partial charge < -0.3 is 14.8 Å². The zero-order chi connectivity index (χ0) is 9.14. The largest absolute Gasteiger partial charge is 0.491 e. The standard InChI is InChI=1S/C7H7NO4/c1-12-6-4(9)2-3-8-5(6)7(10)11/h2-3H,1H3,(H,8,9)(H,10,11). The first-order valence-corrected chi connectivity index (χ1v) is 3.15. The molecule has 0 aliphatic rings. The van der Waals surface area contributed by atoms with Gasteiger partial charge in [-0.15, -0.1) is 0 Å². The number of carboxylic acids is 1. The summed E-state index contributed by atoms with van der Waals surface area (Å²) in [4.78, 5) is 23.9. The second kappa shape index (κ2) is 3.08. The van der Waals surface area contributed by atoms with Gasteiger partial charge in [0.1, 0.15) is 0 Å². The van der Waals surface area contributed by atoms with Gasteiger partial charge in [-0.05, 0) is 0 Å². The maximum atomic E-state index is 11.0. The number of aromatic carboxylic acids is 1. The molecule has 0 aliphatic carbocycles. The number of H-pyrrole nitrogens is 1. The van der Waals surface area contributed by atoms with E-state index < -0.39 is 11.4 Å². The number of aromatic nitrogens is 1. The minimum absolute atomic E-state index is 0.176. The van der Waals surface area contributed by atoms with Crippen LogP contribution in [0, 0.1) is 0 Å². The molecule has 1 heterocycles. The van der Waals surface area contributed by atoms with Crippen molar-refractivity contribution >= 4 is 5.97 Å². The first kappa shape index (κ1) is 8.32. The van der Waals surface area contributed by atoms with E-state index in [0.717, 1.165) is 0 Å². The molecule has 0 aromatic carbocycles. The van der Waals surface area contributed by atoms with Gasteiger partial charge in [-0.1, -0.05) is 0 Å². The summed E-state index contributed by atoms with van der Waals surface area (Å²) in [5.74, 6) is -1.39. The summed E-state index contributed by atoms with van der Waals surface area (Å²) in [5.41, 5.74) is -0.682. The highest BCUT2D eigenvalue weighted by Crippen LogP contribution is 2.07. The quantitative estimate of drug-likeness (QED) is 0.657. The van der Waals surface area contributed by atoms with Crippen LogP contribution in [0.1, 0.15) is 10.5 Å². The topological polar surface area (TPSA) is 79.4 Å². The lowest BCUT2D eigenvalue weighted by atomic mass is 10.3. The molecule has 0 atom stereocenters. The first-order chi connectivity index (χ1) is 5.66. The summed E-state index contributed by atoms with van der Waals surface area (Å²) in [5, 5.41) is 8.57. The summed E-state index contributed by atoms with van der Waals surface area (Å²) in [7, 11) is 1.25. The Kier molecular flexibility index (Phi) is 2.14. The van der Waals surface area contributed by atoms with E-state index in [1.54, 1.807) is 0 Å². The van der Waals surface area contributed by atoms with E-state index in [2.05, 4.69) is 9.72 Å². The Hall–Kier alpha value is -1.78. The highest BCUT2D eigenvalue weighted by molar-refractivity contribution is 5.88. The van der Waals surface area contributed by atoms with Crippen molar-refractivity contribution in [2.45, 2.75) is 0 Å². The minimum atomic E-state index is -1.22. The van der Waals surface area contributed by atoms with Crippen LogP contribution in [-0.2, 0) is 0 Å². The van der Waals surface area contributed by atoms with Gasteiger partial charge in [-0.3, -0.25) is 4.79 Å². The Morgan fingerprint density at radius 3 is 2.75 bits per heavy atom. The van der Waals surface area contributed by atoms with E-state index in [1.807, 2.05) is 0 Å². The molecule has 0 saturated heterocycles. The van der Waals surface area contributed by atoms with Gasteiger partial charge in [0, 0.05) is 12.3 Å². The zero-order valence-corrected chi connectivity index (χ0v) is 6.33. The van der Waals surface area contributed by atoms with Crippen molar-refractivity contribution in [1.82, 2.24) is 4.98 Å². The second-order valence-electron chi connectivity index (χ2n) is 2.06. The fraction of sp³-hybridized carbons (Fsp3) is 0.143. The lowest BCUT2D eigenvalue weighted by Gasteiger charge is -2.01. The summed E-state index contributed by atoms with van der Waals surface area (Å²) in [6, 6.07) is 1.20. The number of aromatic amines is 1. The Labute approximate surface area is 67.6 Å². The SMILES string of the molecule is COc1c(C(=O)O)[nH]ccc1=O. The van der Waals surface area contributed by atoms with Gasteiger partial charge in [-0.25, -0.2) is 4.79 Å². The van der Waals surface area contributed by atoms with Gasteiger partial charge >= 0.3 is 5.97 Å². The van der Waals surface area contributed by atoms with Gasteiger partial charge in [0.05, 0.1) is 7.11 Å². The number of ether oxygens (including phenoxy) is 1. The highest BCUT2D eigenvalue weighted by Gasteiger charge is 2.12. The van der Waals surface area contributed by atoms with Crippen molar-refractivity contribution in [2.75, 3.05) is 7.11 Å². The van der Waals surface area contributed by atoms with Crippen LogP contribution in [0.3, 0.4) is 0 Å². The fourth-order valence-corrected chi connectivity index (χ4v) is 0.827. The third-order valence-corrected chi connectivity index (χ3v) is 1.33. The maximum absolute atomic E-state index is 11.0. The molecule has 0 spiro atoms. The molecule has 5 heteroatoms. The molecule has 0 saturated carbocycles. The van der Waals surface area contributed by atoms with E-state index in [1.165, 1.54) is 19.4 Å². The molecule has 0 unspecified atom stereocenters. The van der Waals surface area contributed by atoms with Crippen molar-refractivity contribution < 1.29 is 14.6 Å². The number of methoxy groups -OCH3 is 1. The lowest BCUT2D eigenvalue weighted by Crippen LogP contribution is -2.12. The molecule has 0 radical (unpaired) electrons. The second-order valence-corrected chi connectivity index (χ2v) is 2.06. The van der Waals surface area contributed by atoms with Crippen LogP contribution < -0.4 is 10.2 Å². The monoisotopic (exact) mass is 169 g/mol. The zero-order valence-electron chi connectivity index (χ0n) is 6.33. The molecule has 0 fully saturated rings. The number of hydrogen-bond donors (Lipinski definition) is 2.